The average Bonchev–Trinajstić information content (AvgIpc) is 3.41. The first kappa shape index (κ1) is 25.2. The molecular weight excluding hydrogens is 426 g/mol. The molecule has 8 heteroatoms. The van der Waals surface area contributed by atoms with E-state index in [1.54, 1.807) is 0 Å². The van der Waals surface area contributed by atoms with Crippen LogP contribution in [0.25, 0.3) is 27.9 Å². The van der Waals surface area contributed by atoms with E-state index in [2.05, 4.69) is 37.9 Å². The van der Waals surface area contributed by atoms with Crippen molar-refractivity contribution in [3.63, 3.8) is 0 Å². The second-order valence-electron chi connectivity index (χ2n) is 8.14. The van der Waals surface area contributed by atoms with Gasteiger partial charge in [-0.05, 0) is 58.5 Å². The molecule has 34 heavy (non-hydrogen) atoms. The van der Waals surface area contributed by atoms with Crippen molar-refractivity contribution in [2.45, 2.75) is 53.5 Å². The van der Waals surface area contributed by atoms with Crippen molar-refractivity contribution in [3.8, 4) is 11.1 Å². The molecule has 3 aromatic heterocycles. The fraction of sp³-hybridized carbons (Fsp3) is 0.423. The van der Waals surface area contributed by atoms with Gasteiger partial charge in [-0.2, -0.15) is 5.10 Å². The SMILES string of the molecule is C/C=C(\N=CCC)c1nn2c(c1-c1cnc3nc(NC(=O)CN(C)C)ccc3c1)CCC2.CC. The molecule has 4 rings (SSSR count). The number of allylic oxidation sites excluding steroid dienone is 1. The van der Waals surface area contributed by atoms with Gasteiger partial charge in [0.2, 0.25) is 5.91 Å². The highest BCUT2D eigenvalue weighted by molar-refractivity contribution is 5.93. The predicted octanol–water partition coefficient (Wildman–Crippen LogP) is 4.81. The lowest BCUT2D eigenvalue weighted by molar-refractivity contribution is -0.116. The maximum atomic E-state index is 12.0. The maximum absolute atomic E-state index is 12.0. The fourth-order valence-electron chi connectivity index (χ4n) is 3.96. The first-order valence-corrected chi connectivity index (χ1v) is 12.0. The first-order valence-electron chi connectivity index (χ1n) is 12.0. The Labute approximate surface area is 201 Å². The van der Waals surface area contributed by atoms with Crippen LogP contribution in [0.3, 0.4) is 0 Å². The summed E-state index contributed by atoms with van der Waals surface area (Å²) in [6.45, 7) is 9.29. The lowest BCUT2D eigenvalue weighted by Gasteiger charge is -2.10. The van der Waals surface area contributed by atoms with Gasteiger partial charge >= 0.3 is 0 Å². The second kappa shape index (κ2) is 11.7. The number of carbonyl (C=O) groups excluding carboxylic acids is 1. The number of hydrogen-bond donors (Lipinski definition) is 1. The Balaban J connectivity index is 0.00000158. The number of amides is 1. The van der Waals surface area contributed by atoms with Crippen molar-refractivity contribution in [2.75, 3.05) is 26.0 Å². The number of rotatable bonds is 7. The van der Waals surface area contributed by atoms with Crippen LogP contribution in [0.4, 0.5) is 5.82 Å². The van der Waals surface area contributed by atoms with Gasteiger partial charge in [-0.3, -0.25) is 14.5 Å². The molecule has 0 bridgehead atoms. The van der Waals surface area contributed by atoms with Crippen molar-refractivity contribution >= 4 is 34.7 Å². The molecule has 1 amide bonds. The number of hydrogen-bond acceptors (Lipinski definition) is 6. The fourth-order valence-corrected chi connectivity index (χ4v) is 3.96. The van der Waals surface area contributed by atoms with Crippen LogP contribution in [0.15, 0.2) is 35.5 Å². The third-order valence-corrected chi connectivity index (χ3v) is 5.33. The number of aromatic nitrogens is 4. The molecule has 1 aliphatic rings. The van der Waals surface area contributed by atoms with E-state index < -0.39 is 0 Å². The van der Waals surface area contributed by atoms with Gasteiger partial charge in [-0.15, -0.1) is 0 Å². The lowest BCUT2D eigenvalue weighted by Crippen LogP contribution is -2.27. The van der Waals surface area contributed by atoms with E-state index in [0.29, 0.717) is 18.0 Å². The summed E-state index contributed by atoms with van der Waals surface area (Å²) in [6.07, 6.45) is 8.72. The number of nitrogens with zero attached hydrogens (tertiary/aromatic N) is 6. The van der Waals surface area contributed by atoms with Crippen molar-refractivity contribution in [2.24, 2.45) is 4.99 Å². The van der Waals surface area contributed by atoms with Crippen LogP contribution < -0.4 is 5.32 Å². The number of fused-ring (bicyclic) bond motifs is 2. The minimum atomic E-state index is -0.106. The molecule has 0 aliphatic carbocycles. The van der Waals surface area contributed by atoms with Gasteiger partial charge in [-0.25, -0.2) is 9.97 Å². The lowest BCUT2D eigenvalue weighted by atomic mass is 10.0. The first-order chi connectivity index (χ1) is 16.5. The number of pyridine rings is 2. The molecule has 8 nitrogen and oxygen atoms in total. The van der Waals surface area contributed by atoms with Gasteiger partial charge < -0.3 is 10.2 Å². The zero-order valence-electron chi connectivity index (χ0n) is 21.1. The summed E-state index contributed by atoms with van der Waals surface area (Å²) in [5, 5.41) is 8.62. The Morgan fingerprint density at radius 3 is 2.79 bits per heavy atom. The van der Waals surface area contributed by atoms with E-state index in [1.807, 2.05) is 70.4 Å². The Bertz CT molecular complexity index is 1210. The van der Waals surface area contributed by atoms with Crippen LogP contribution in [0, 0.1) is 0 Å². The van der Waals surface area contributed by atoms with Gasteiger partial charge in [-0.1, -0.05) is 26.8 Å². The number of nitrogens with one attached hydrogen (secondary N) is 1. The minimum Gasteiger partial charge on any atom is -0.310 e. The molecule has 0 saturated carbocycles. The van der Waals surface area contributed by atoms with E-state index in [9.17, 15) is 4.79 Å². The van der Waals surface area contributed by atoms with Gasteiger partial charge in [0, 0.05) is 41.2 Å². The smallest absolute Gasteiger partial charge is 0.239 e. The second-order valence-corrected chi connectivity index (χ2v) is 8.14. The molecule has 0 atom stereocenters. The van der Waals surface area contributed by atoms with Crippen LogP contribution in [-0.2, 0) is 17.8 Å². The molecule has 180 valence electrons. The van der Waals surface area contributed by atoms with Gasteiger partial charge in [0.1, 0.15) is 11.5 Å². The third-order valence-electron chi connectivity index (χ3n) is 5.33. The number of carbonyl (C=O) groups is 1. The Kier molecular flexibility index (Phi) is 8.65. The summed E-state index contributed by atoms with van der Waals surface area (Å²) in [5.41, 5.74) is 5.70. The Morgan fingerprint density at radius 1 is 1.29 bits per heavy atom. The molecule has 0 unspecified atom stereocenters. The quantitative estimate of drug-likeness (QED) is 0.510. The van der Waals surface area contributed by atoms with E-state index >= 15 is 0 Å². The molecule has 4 heterocycles. The molecule has 0 aromatic carbocycles. The zero-order valence-corrected chi connectivity index (χ0v) is 21.1. The van der Waals surface area contributed by atoms with Crippen molar-refractivity contribution < 1.29 is 4.79 Å². The van der Waals surface area contributed by atoms with Crippen LogP contribution in [0.5, 0.6) is 0 Å². The Hall–Kier alpha value is -3.39. The van der Waals surface area contributed by atoms with Crippen molar-refractivity contribution in [1.82, 2.24) is 24.6 Å². The van der Waals surface area contributed by atoms with E-state index in [4.69, 9.17) is 5.10 Å². The normalized spacial score (nSPS) is 13.3. The molecule has 3 aromatic rings. The van der Waals surface area contributed by atoms with Gasteiger partial charge in [0.15, 0.2) is 5.65 Å². The Morgan fingerprint density at radius 2 is 2.09 bits per heavy atom. The minimum absolute atomic E-state index is 0.106. The zero-order chi connectivity index (χ0) is 24.7. The molecule has 1 aliphatic heterocycles. The number of anilines is 1. The van der Waals surface area contributed by atoms with E-state index in [0.717, 1.165) is 53.7 Å². The molecule has 0 radical (unpaired) electrons. The molecule has 0 fully saturated rings. The summed E-state index contributed by atoms with van der Waals surface area (Å²) < 4.78 is 2.10. The summed E-state index contributed by atoms with van der Waals surface area (Å²) >= 11 is 0. The topological polar surface area (TPSA) is 88.3 Å². The van der Waals surface area contributed by atoms with Crippen molar-refractivity contribution in [1.29, 1.82) is 0 Å². The molecule has 0 spiro atoms. The van der Waals surface area contributed by atoms with Crippen LogP contribution in [-0.4, -0.2) is 57.4 Å². The highest BCUT2D eigenvalue weighted by Crippen LogP contribution is 2.36. The summed E-state index contributed by atoms with van der Waals surface area (Å²) in [5.74, 6) is 0.395. The number of aryl methyl sites for hydroxylation is 1. The molecular formula is C26H35N7O. The summed E-state index contributed by atoms with van der Waals surface area (Å²) in [4.78, 5) is 27.6. The van der Waals surface area contributed by atoms with E-state index in [1.165, 1.54) is 5.69 Å². The highest BCUT2D eigenvalue weighted by atomic mass is 16.2. The average molecular weight is 462 g/mol. The van der Waals surface area contributed by atoms with Gasteiger partial charge in [0.05, 0.1) is 12.2 Å². The predicted molar refractivity (Wildman–Crippen MR) is 140 cm³/mol. The third kappa shape index (κ3) is 5.56. The maximum Gasteiger partial charge on any atom is 0.239 e. The van der Waals surface area contributed by atoms with Crippen LogP contribution in [0.2, 0.25) is 0 Å². The molecule has 0 saturated heterocycles. The molecule has 1 N–H and O–H groups in total. The summed E-state index contributed by atoms with van der Waals surface area (Å²) in [6, 6.07) is 5.85. The number of aliphatic imine (C=N–C) groups is 1. The number of likely N-dealkylation sites (N-methyl/N-ethyl adjacent to an activating group) is 1. The monoisotopic (exact) mass is 461 g/mol. The van der Waals surface area contributed by atoms with Crippen LogP contribution in [0.1, 0.15) is 51.9 Å². The van der Waals surface area contributed by atoms with Gasteiger partial charge in [0.25, 0.3) is 0 Å². The van der Waals surface area contributed by atoms with E-state index in [-0.39, 0.29) is 5.91 Å². The van der Waals surface area contributed by atoms with Crippen LogP contribution >= 0.6 is 0 Å². The highest BCUT2D eigenvalue weighted by Gasteiger charge is 2.25. The standard InChI is InChI=1S/C24H29N7O.C2H6/c1-5-11-25-18(6-2)23-22(19-8-7-12-31(19)29-23)17-13-16-9-10-20(28-24(16)26-14-17)27-21(32)15-30(3)4;1-2/h6,9-11,13-14H,5,7-8,12,15H2,1-4H3,(H,26,27,28,32);1-2H3/b18-6-,25-11?;. The van der Waals surface area contributed by atoms with Crippen molar-refractivity contribution in [3.05, 3.63) is 41.9 Å². The largest absolute Gasteiger partial charge is 0.310 e. The summed E-state index contributed by atoms with van der Waals surface area (Å²) in [7, 11) is 3.70.